The number of nitriles is 2. The first-order chi connectivity index (χ1) is 32.3. The van der Waals surface area contributed by atoms with E-state index in [-0.39, 0.29) is 13.1 Å². The first-order valence-corrected chi connectivity index (χ1v) is 26.5. The zero-order valence-electron chi connectivity index (χ0n) is 40.7. The average molecular weight is 1000 g/mol. The van der Waals surface area contributed by atoms with Crippen LogP contribution in [0.3, 0.4) is 0 Å². The number of aryl methyl sites for hydroxylation is 4. The van der Waals surface area contributed by atoms with Crippen LogP contribution in [0.15, 0.2) is 32.9 Å². The number of carbonyl (C=O) groups is 2. The van der Waals surface area contributed by atoms with Gasteiger partial charge in [-0.25, -0.2) is 39.3 Å². The molecule has 68 heavy (non-hydrogen) atoms. The zero-order chi connectivity index (χ0) is 48.9. The number of morpholine rings is 2. The van der Waals surface area contributed by atoms with E-state index in [4.69, 9.17) is 28.9 Å². The third-order valence-corrected chi connectivity index (χ3v) is 16.2. The van der Waals surface area contributed by atoms with Gasteiger partial charge in [0.15, 0.2) is 8.68 Å². The lowest BCUT2D eigenvalue weighted by Gasteiger charge is -2.37. The van der Waals surface area contributed by atoms with Gasteiger partial charge in [-0.1, -0.05) is 23.5 Å². The van der Waals surface area contributed by atoms with Crippen LogP contribution in [-0.4, -0.2) is 107 Å². The fourth-order valence-electron chi connectivity index (χ4n) is 8.47. The number of amides is 2. The minimum atomic E-state index is -0.676. The predicted octanol–water partition coefficient (Wildman–Crippen LogP) is 10.2. The Morgan fingerprint density at radius 3 is 1.29 bits per heavy atom. The molecule has 0 aromatic carbocycles. The van der Waals surface area contributed by atoms with Crippen LogP contribution in [0.2, 0.25) is 0 Å². The van der Waals surface area contributed by atoms with Crippen LogP contribution in [0.4, 0.5) is 32.6 Å². The van der Waals surface area contributed by atoms with E-state index < -0.39 is 23.4 Å². The molecule has 4 atom stereocenters. The second-order valence-electron chi connectivity index (χ2n) is 19.3. The number of hydrogen-bond donors (Lipinski definition) is 0. The maximum Gasteiger partial charge on any atom is 0.416 e. The molecule has 0 saturated carbocycles. The van der Waals surface area contributed by atoms with Crippen LogP contribution < -0.4 is 19.6 Å². The van der Waals surface area contributed by atoms with Crippen LogP contribution in [0.25, 0.3) is 0 Å². The summed E-state index contributed by atoms with van der Waals surface area (Å²) in [5.74, 6) is 2.09. The van der Waals surface area contributed by atoms with Gasteiger partial charge < -0.3 is 28.7 Å². The van der Waals surface area contributed by atoms with Crippen molar-refractivity contribution in [3.05, 3.63) is 56.8 Å². The van der Waals surface area contributed by atoms with Crippen LogP contribution in [0, 0.1) is 50.4 Å². The summed E-state index contributed by atoms with van der Waals surface area (Å²) in [6.07, 6.45) is 3.17. The minimum absolute atomic E-state index is 0.140. The first-order valence-electron chi connectivity index (χ1n) is 22.9. The van der Waals surface area contributed by atoms with E-state index >= 15 is 0 Å². The summed E-state index contributed by atoms with van der Waals surface area (Å²) < 4.78 is 24.7. The Bertz CT molecular complexity index is 2280. The van der Waals surface area contributed by atoms with Gasteiger partial charge in [0, 0.05) is 44.8 Å². The number of fused-ring (bicyclic) bond motifs is 4. The topological polar surface area (TPSA) is 183 Å². The lowest BCUT2D eigenvalue weighted by atomic mass is 10.2. The SMILES string of the molecule is Cc1nc(SCc2cc(N3C4CCC3COC4)cc(N(CC#N)C(=O)OC(C)(C)C)n2)sc1C.Cc1nc(SCc2cc(N3C4CCC3COC4)cc(N(CC#N)C(=O)OC(C)(C)C)n2)sc1C. The van der Waals surface area contributed by atoms with Crippen LogP contribution in [0.1, 0.15) is 99.8 Å². The van der Waals surface area contributed by atoms with Crippen LogP contribution in [-0.2, 0) is 30.5 Å². The monoisotopic (exact) mass is 1000 g/mol. The molecule has 4 saturated heterocycles. The number of hydrogen-bond acceptors (Lipinski definition) is 18. The highest BCUT2D eigenvalue weighted by molar-refractivity contribution is 8.00. The van der Waals surface area contributed by atoms with Crippen molar-refractivity contribution in [2.75, 3.05) is 59.1 Å². The van der Waals surface area contributed by atoms with Gasteiger partial charge in [-0.3, -0.25) is 0 Å². The van der Waals surface area contributed by atoms with Crippen molar-refractivity contribution in [3.63, 3.8) is 0 Å². The molecule has 0 spiro atoms. The van der Waals surface area contributed by atoms with Crippen LogP contribution in [0.5, 0.6) is 0 Å². The Hall–Kier alpha value is -4.70. The highest BCUT2D eigenvalue weighted by atomic mass is 32.2. The summed E-state index contributed by atoms with van der Waals surface area (Å²) in [6.45, 7) is 21.6. The third kappa shape index (κ3) is 12.9. The number of pyridine rings is 2. The van der Waals surface area contributed by atoms with Gasteiger partial charge >= 0.3 is 12.2 Å². The maximum absolute atomic E-state index is 13.0. The van der Waals surface area contributed by atoms with Gasteiger partial charge in [0.2, 0.25) is 0 Å². The van der Waals surface area contributed by atoms with E-state index in [9.17, 15) is 20.1 Å². The van der Waals surface area contributed by atoms with Gasteiger partial charge in [-0.15, -0.1) is 22.7 Å². The summed E-state index contributed by atoms with van der Waals surface area (Å²) in [7, 11) is 0. The molecule has 4 fully saturated rings. The number of ether oxygens (including phenoxy) is 4. The van der Waals surface area contributed by atoms with Crippen LogP contribution >= 0.6 is 46.2 Å². The molecule has 0 radical (unpaired) electrons. The standard InChI is InChI=1S/2C24H31N5O3S2/c2*1-15-16(2)34-22(26-15)33-14-17-10-20(29-18-6-7-19(29)13-31-12-18)11-21(27-17)28(9-8-25)23(30)32-24(3,4)5/h2*10-11,18-19H,6-7,9,12-14H2,1-5H3. The number of aromatic nitrogens is 4. The van der Waals surface area contributed by atoms with Gasteiger partial charge in [-0.05, 0) is 107 Å². The maximum atomic E-state index is 13.0. The van der Waals surface area contributed by atoms with Crippen molar-refractivity contribution >= 4 is 81.4 Å². The number of anilines is 4. The molecule has 364 valence electrons. The average Bonchev–Trinajstić information content (AvgIpc) is 3.94. The number of carbonyl (C=O) groups excluding carboxylic acids is 2. The Labute approximate surface area is 416 Å². The number of rotatable bonds is 12. The molecule has 20 heteroatoms. The van der Waals surface area contributed by atoms with E-state index in [1.165, 1.54) is 19.6 Å². The lowest BCUT2D eigenvalue weighted by Crippen LogP contribution is -2.46. The molecule has 4 unspecified atom stereocenters. The van der Waals surface area contributed by atoms with Crippen molar-refractivity contribution in [1.82, 2.24) is 19.9 Å². The van der Waals surface area contributed by atoms with Crippen molar-refractivity contribution in [2.45, 2.75) is 150 Å². The van der Waals surface area contributed by atoms with Crippen molar-refractivity contribution in [3.8, 4) is 12.1 Å². The molecule has 4 aromatic heterocycles. The molecular weight excluding hydrogens is 941 g/mol. The number of nitrogens with zero attached hydrogens (tertiary/aromatic N) is 10. The van der Waals surface area contributed by atoms with E-state index in [1.807, 2.05) is 67.5 Å². The number of thiazole rings is 2. The summed E-state index contributed by atoms with van der Waals surface area (Å²) in [5.41, 5.74) is 4.43. The predicted molar refractivity (Wildman–Crippen MR) is 269 cm³/mol. The first kappa shape index (κ1) is 51.2. The van der Waals surface area contributed by atoms with E-state index in [0.29, 0.717) is 73.7 Å². The van der Waals surface area contributed by atoms with Crippen molar-refractivity contribution in [1.29, 1.82) is 10.5 Å². The second-order valence-corrected chi connectivity index (χ2v) is 24.1. The third-order valence-electron chi connectivity index (χ3n) is 11.7. The fraction of sp³-hybridized carbons (Fsp3) is 0.583. The molecule has 4 aliphatic heterocycles. The largest absolute Gasteiger partial charge is 0.443 e. The highest BCUT2D eigenvalue weighted by Gasteiger charge is 2.40. The molecule has 8 rings (SSSR count). The Morgan fingerprint density at radius 1 is 0.647 bits per heavy atom. The molecule has 4 aliphatic rings. The van der Waals surface area contributed by atoms with E-state index in [1.54, 1.807) is 46.2 Å². The van der Waals surface area contributed by atoms with Gasteiger partial charge in [0.1, 0.15) is 35.9 Å². The Balaban J connectivity index is 0.000000201. The molecule has 8 heterocycles. The zero-order valence-corrected chi connectivity index (χ0v) is 43.9. The second kappa shape index (κ2) is 21.9. The smallest absolute Gasteiger partial charge is 0.416 e. The molecule has 2 amide bonds. The fourth-order valence-corrected chi connectivity index (χ4v) is 12.6. The molecular formula is C48H62N10O6S4. The summed E-state index contributed by atoms with van der Waals surface area (Å²) >= 11 is 6.62. The van der Waals surface area contributed by atoms with Gasteiger partial charge in [0.05, 0.1) is 85.5 Å². The number of thioether (sulfide) groups is 2. The van der Waals surface area contributed by atoms with Gasteiger partial charge in [0.25, 0.3) is 0 Å². The van der Waals surface area contributed by atoms with E-state index in [2.05, 4.69) is 57.9 Å². The highest BCUT2D eigenvalue weighted by Crippen LogP contribution is 2.39. The lowest BCUT2D eigenvalue weighted by molar-refractivity contribution is 0.0572. The van der Waals surface area contributed by atoms with Crippen molar-refractivity contribution < 1.29 is 28.5 Å². The Kier molecular flexibility index (Phi) is 16.5. The van der Waals surface area contributed by atoms with E-state index in [0.717, 1.165) is 68.5 Å². The Morgan fingerprint density at radius 2 is 1.00 bits per heavy atom. The summed E-state index contributed by atoms with van der Waals surface area (Å²) in [6, 6.07) is 13.4. The molecule has 0 N–H and O–H groups in total. The molecule has 4 bridgehead atoms. The molecule has 16 nitrogen and oxygen atoms in total. The summed E-state index contributed by atoms with van der Waals surface area (Å²) in [4.78, 5) is 54.6. The quantitative estimate of drug-likeness (QED) is 0.0964. The summed E-state index contributed by atoms with van der Waals surface area (Å²) in [5, 5.41) is 18.9. The van der Waals surface area contributed by atoms with Crippen molar-refractivity contribution in [2.24, 2.45) is 0 Å². The minimum Gasteiger partial charge on any atom is -0.443 e. The molecule has 0 aliphatic carbocycles. The molecule has 4 aromatic rings. The van der Waals surface area contributed by atoms with Gasteiger partial charge in [-0.2, -0.15) is 10.5 Å². The normalized spacial score (nSPS) is 19.7.